The zero-order valence-electron chi connectivity index (χ0n) is 11.5. The highest BCUT2D eigenvalue weighted by molar-refractivity contribution is 6.31. The molecule has 0 spiro atoms. The smallest absolute Gasteiger partial charge is 0.282 e. The molecule has 1 fully saturated rings. The topological polar surface area (TPSA) is 72.2 Å². The van der Waals surface area contributed by atoms with Crippen LogP contribution in [0.3, 0.4) is 0 Å². The van der Waals surface area contributed by atoms with Gasteiger partial charge in [0.25, 0.3) is 11.6 Å². The molecule has 6 heteroatoms. The maximum atomic E-state index is 12.3. The number of hydrogen-bond donors (Lipinski definition) is 1. The minimum absolute atomic E-state index is 0.0169. The van der Waals surface area contributed by atoms with Crippen molar-refractivity contribution < 1.29 is 9.72 Å². The summed E-state index contributed by atoms with van der Waals surface area (Å²) in [6.45, 7) is 4.19. The van der Waals surface area contributed by atoms with Gasteiger partial charge in [-0.25, -0.2) is 0 Å². The number of hydrogen-bond acceptors (Lipinski definition) is 3. The molecule has 108 valence electrons. The van der Waals surface area contributed by atoms with Gasteiger partial charge in [0.05, 0.1) is 4.92 Å². The standard InChI is InChI=1S/C14H17ClN2O3/c1-14(2)7-3-4-12(14)16-13(18)10-8-9(15)5-6-11(10)17(19)20/h5-6,8,12H,3-4,7H2,1-2H3,(H,16,18). The van der Waals surface area contributed by atoms with Crippen LogP contribution in [0.1, 0.15) is 43.5 Å². The third-order valence-electron chi connectivity index (χ3n) is 3.96. The van der Waals surface area contributed by atoms with Crippen molar-refractivity contribution in [2.24, 2.45) is 5.41 Å². The fraction of sp³-hybridized carbons (Fsp3) is 0.500. The second-order valence-electron chi connectivity index (χ2n) is 5.83. The van der Waals surface area contributed by atoms with E-state index < -0.39 is 10.8 Å². The summed E-state index contributed by atoms with van der Waals surface area (Å²) in [6, 6.07) is 4.05. The van der Waals surface area contributed by atoms with Gasteiger partial charge in [-0.2, -0.15) is 0 Å². The van der Waals surface area contributed by atoms with Crippen molar-refractivity contribution >= 4 is 23.2 Å². The Morgan fingerprint density at radius 2 is 2.20 bits per heavy atom. The Morgan fingerprint density at radius 3 is 2.75 bits per heavy atom. The third-order valence-corrected chi connectivity index (χ3v) is 4.20. The first kappa shape index (κ1) is 14.8. The van der Waals surface area contributed by atoms with Gasteiger partial charge in [-0.15, -0.1) is 0 Å². The largest absolute Gasteiger partial charge is 0.349 e. The Kier molecular flexibility index (Phi) is 3.99. The maximum Gasteiger partial charge on any atom is 0.282 e. The van der Waals surface area contributed by atoms with Crippen molar-refractivity contribution in [3.05, 3.63) is 38.9 Å². The Hall–Kier alpha value is -1.62. The molecule has 1 unspecified atom stereocenters. The van der Waals surface area contributed by atoms with Crippen molar-refractivity contribution in [1.82, 2.24) is 5.32 Å². The lowest BCUT2D eigenvalue weighted by Crippen LogP contribution is -2.41. The van der Waals surface area contributed by atoms with Crippen LogP contribution in [-0.2, 0) is 0 Å². The SMILES string of the molecule is CC1(C)CCCC1NC(=O)c1cc(Cl)ccc1[N+](=O)[O-]. The van der Waals surface area contributed by atoms with Gasteiger partial charge in [0.15, 0.2) is 0 Å². The van der Waals surface area contributed by atoms with E-state index in [0.29, 0.717) is 5.02 Å². The lowest BCUT2D eigenvalue weighted by molar-refractivity contribution is -0.385. The average Bonchev–Trinajstić information content (AvgIpc) is 2.68. The molecule has 5 nitrogen and oxygen atoms in total. The second-order valence-corrected chi connectivity index (χ2v) is 6.26. The molecule has 20 heavy (non-hydrogen) atoms. The molecule has 1 aliphatic carbocycles. The van der Waals surface area contributed by atoms with Gasteiger partial charge in [-0.3, -0.25) is 14.9 Å². The number of nitro benzene ring substituents is 1. The Balaban J connectivity index is 2.25. The Morgan fingerprint density at radius 1 is 1.50 bits per heavy atom. The van der Waals surface area contributed by atoms with Crippen LogP contribution in [0.2, 0.25) is 5.02 Å². The van der Waals surface area contributed by atoms with E-state index in [1.54, 1.807) is 0 Å². The highest BCUT2D eigenvalue weighted by Gasteiger charge is 2.36. The van der Waals surface area contributed by atoms with Gasteiger partial charge in [0, 0.05) is 17.1 Å². The number of halogens is 1. The number of nitro groups is 1. The van der Waals surface area contributed by atoms with E-state index in [0.717, 1.165) is 19.3 Å². The Labute approximate surface area is 122 Å². The van der Waals surface area contributed by atoms with Crippen LogP contribution in [-0.4, -0.2) is 16.9 Å². The minimum Gasteiger partial charge on any atom is -0.349 e. The summed E-state index contributed by atoms with van der Waals surface area (Å²) in [6.07, 6.45) is 2.98. The molecule has 1 amide bonds. The summed E-state index contributed by atoms with van der Waals surface area (Å²) in [4.78, 5) is 22.7. The lowest BCUT2D eigenvalue weighted by Gasteiger charge is -2.27. The van der Waals surface area contributed by atoms with E-state index in [2.05, 4.69) is 19.2 Å². The fourth-order valence-corrected chi connectivity index (χ4v) is 2.85. The number of nitrogens with one attached hydrogen (secondary N) is 1. The molecular formula is C14H17ClN2O3. The van der Waals surface area contributed by atoms with Crippen molar-refractivity contribution in [1.29, 1.82) is 0 Å². The first-order valence-corrected chi connectivity index (χ1v) is 6.94. The molecule has 1 atom stereocenters. The van der Waals surface area contributed by atoms with Crippen LogP contribution < -0.4 is 5.32 Å². The van der Waals surface area contributed by atoms with Crippen molar-refractivity contribution in [2.75, 3.05) is 0 Å². The quantitative estimate of drug-likeness (QED) is 0.684. The highest BCUT2D eigenvalue weighted by Crippen LogP contribution is 2.37. The van der Waals surface area contributed by atoms with Crippen LogP contribution in [0, 0.1) is 15.5 Å². The van der Waals surface area contributed by atoms with E-state index in [9.17, 15) is 14.9 Å². The third kappa shape index (κ3) is 2.93. The van der Waals surface area contributed by atoms with Crippen molar-refractivity contribution in [3.63, 3.8) is 0 Å². The van der Waals surface area contributed by atoms with Gasteiger partial charge in [0.2, 0.25) is 0 Å². The summed E-state index contributed by atoms with van der Waals surface area (Å²) in [5.41, 5.74) is -0.184. The Bertz CT molecular complexity index is 557. The molecule has 2 rings (SSSR count). The first-order chi connectivity index (χ1) is 9.31. The monoisotopic (exact) mass is 296 g/mol. The first-order valence-electron chi connectivity index (χ1n) is 6.56. The molecule has 0 aliphatic heterocycles. The van der Waals surface area contributed by atoms with Crippen LogP contribution in [0.25, 0.3) is 0 Å². The number of rotatable bonds is 3. The van der Waals surface area contributed by atoms with Crippen LogP contribution in [0.15, 0.2) is 18.2 Å². The lowest BCUT2D eigenvalue weighted by atomic mass is 9.87. The van der Waals surface area contributed by atoms with Gasteiger partial charge < -0.3 is 5.32 Å². The van der Waals surface area contributed by atoms with Crippen molar-refractivity contribution in [2.45, 2.75) is 39.2 Å². The molecular weight excluding hydrogens is 280 g/mol. The summed E-state index contributed by atoms with van der Waals surface area (Å²) in [7, 11) is 0. The van der Waals surface area contributed by atoms with Gasteiger partial charge in [-0.05, 0) is 30.4 Å². The fourth-order valence-electron chi connectivity index (χ4n) is 2.68. The van der Waals surface area contributed by atoms with Crippen LogP contribution in [0.4, 0.5) is 5.69 Å². The van der Waals surface area contributed by atoms with Gasteiger partial charge in [-0.1, -0.05) is 31.9 Å². The normalized spacial score (nSPS) is 20.6. The number of carbonyl (C=O) groups is 1. The number of nitrogens with zero attached hydrogens (tertiary/aromatic N) is 1. The van der Waals surface area contributed by atoms with E-state index in [-0.39, 0.29) is 22.7 Å². The van der Waals surface area contributed by atoms with Gasteiger partial charge >= 0.3 is 0 Å². The number of benzene rings is 1. The molecule has 1 aromatic rings. The zero-order chi connectivity index (χ0) is 14.9. The summed E-state index contributed by atoms with van der Waals surface area (Å²) in [5.74, 6) is -0.431. The molecule has 0 saturated heterocycles. The minimum atomic E-state index is -0.564. The average molecular weight is 297 g/mol. The van der Waals surface area contributed by atoms with E-state index in [1.807, 2.05) is 0 Å². The molecule has 1 aliphatic rings. The van der Waals surface area contributed by atoms with E-state index >= 15 is 0 Å². The number of amides is 1. The van der Waals surface area contributed by atoms with Gasteiger partial charge in [0.1, 0.15) is 5.56 Å². The van der Waals surface area contributed by atoms with Crippen LogP contribution >= 0.6 is 11.6 Å². The summed E-state index contributed by atoms with van der Waals surface area (Å²) in [5, 5.41) is 14.2. The zero-order valence-corrected chi connectivity index (χ0v) is 12.2. The summed E-state index contributed by atoms with van der Waals surface area (Å²) >= 11 is 5.84. The van der Waals surface area contributed by atoms with E-state index in [1.165, 1.54) is 18.2 Å². The van der Waals surface area contributed by atoms with Crippen LogP contribution in [0.5, 0.6) is 0 Å². The maximum absolute atomic E-state index is 12.3. The second kappa shape index (κ2) is 5.40. The molecule has 0 heterocycles. The predicted octanol–water partition coefficient (Wildman–Crippen LogP) is 3.56. The predicted molar refractivity (Wildman–Crippen MR) is 77.0 cm³/mol. The molecule has 0 bridgehead atoms. The molecule has 1 saturated carbocycles. The number of carbonyl (C=O) groups excluding carboxylic acids is 1. The molecule has 1 N–H and O–H groups in total. The van der Waals surface area contributed by atoms with E-state index in [4.69, 9.17) is 11.6 Å². The van der Waals surface area contributed by atoms with Crippen molar-refractivity contribution in [3.8, 4) is 0 Å². The summed E-state index contributed by atoms with van der Waals surface area (Å²) < 4.78 is 0. The molecule has 0 aromatic heterocycles. The molecule has 1 aromatic carbocycles. The molecule has 0 radical (unpaired) electrons. The highest BCUT2D eigenvalue weighted by atomic mass is 35.5.